The highest BCUT2D eigenvalue weighted by atomic mass is 16.3. The lowest BCUT2D eigenvalue weighted by Crippen LogP contribution is -2.31. The van der Waals surface area contributed by atoms with Crippen LogP contribution in [0.15, 0.2) is 23.8 Å². The van der Waals surface area contributed by atoms with Crippen LogP contribution in [-0.2, 0) is 0 Å². The van der Waals surface area contributed by atoms with Crippen LogP contribution in [0.1, 0.15) is 34.1 Å². The molecule has 2 unspecified atom stereocenters. The average Bonchev–Trinajstić information content (AvgIpc) is 2.11. The Morgan fingerprint density at radius 1 is 1.29 bits per heavy atom. The summed E-state index contributed by atoms with van der Waals surface area (Å²) in [6.07, 6.45) is 7.06. The molecule has 0 aliphatic heterocycles. The lowest BCUT2D eigenvalue weighted by molar-refractivity contribution is 0.0932. The number of aliphatic hydroxyl groups excluding tert-OH is 1. The van der Waals surface area contributed by atoms with Crippen molar-refractivity contribution < 1.29 is 5.11 Å². The summed E-state index contributed by atoms with van der Waals surface area (Å²) in [7, 11) is 0. The Bertz CT molecular complexity index is 236. The summed E-state index contributed by atoms with van der Waals surface area (Å²) < 4.78 is 0. The number of hydrogen-bond acceptors (Lipinski definition) is 1. The minimum Gasteiger partial charge on any atom is -0.389 e. The van der Waals surface area contributed by atoms with E-state index in [9.17, 15) is 5.11 Å². The van der Waals surface area contributed by atoms with Crippen molar-refractivity contribution in [1.82, 2.24) is 0 Å². The molecule has 1 nitrogen and oxygen atoms in total. The first-order valence-corrected chi connectivity index (χ1v) is 5.52. The molecular formula is C13H22O. The molecule has 1 N–H and O–H groups in total. The van der Waals surface area contributed by atoms with Gasteiger partial charge in [-0.3, -0.25) is 0 Å². The first-order chi connectivity index (χ1) is 6.52. The van der Waals surface area contributed by atoms with Crippen molar-refractivity contribution in [3.8, 4) is 0 Å². The van der Waals surface area contributed by atoms with Gasteiger partial charge in [0.2, 0.25) is 0 Å². The van der Waals surface area contributed by atoms with Crippen molar-refractivity contribution in [1.29, 1.82) is 0 Å². The van der Waals surface area contributed by atoms with E-state index in [1.807, 2.05) is 6.08 Å². The zero-order valence-corrected chi connectivity index (χ0v) is 9.70. The van der Waals surface area contributed by atoms with Crippen molar-refractivity contribution >= 4 is 0 Å². The quantitative estimate of drug-likeness (QED) is 0.669. The molecule has 0 radical (unpaired) electrons. The SMILES string of the molecule is CC(C)=CC[C@@H]1C(O)C=CC(C)[C@@H]1C. The summed E-state index contributed by atoms with van der Waals surface area (Å²) in [5, 5.41) is 9.85. The van der Waals surface area contributed by atoms with Gasteiger partial charge < -0.3 is 5.11 Å². The van der Waals surface area contributed by atoms with Gasteiger partial charge in [-0.05, 0) is 38.0 Å². The van der Waals surface area contributed by atoms with Crippen LogP contribution in [0.5, 0.6) is 0 Å². The van der Waals surface area contributed by atoms with Crippen molar-refractivity contribution in [2.45, 2.75) is 40.2 Å². The Morgan fingerprint density at radius 2 is 1.93 bits per heavy atom. The van der Waals surface area contributed by atoms with Gasteiger partial charge in [-0.2, -0.15) is 0 Å². The van der Waals surface area contributed by atoms with E-state index in [0.717, 1.165) is 6.42 Å². The monoisotopic (exact) mass is 194 g/mol. The smallest absolute Gasteiger partial charge is 0.0754 e. The van der Waals surface area contributed by atoms with E-state index in [1.165, 1.54) is 5.57 Å². The molecule has 0 saturated carbocycles. The fraction of sp³-hybridized carbons (Fsp3) is 0.692. The second-order valence-electron chi connectivity index (χ2n) is 4.77. The molecule has 0 spiro atoms. The van der Waals surface area contributed by atoms with Crippen LogP contribution in [0, 0.1) is 17.8 Å². The zero-order chi connectivity index (χ0) is 10.7. The molecule has 80 valence electrons. The molecule has 1 rings (SSSR count). The van der Waals surface area contributed by atoms with Crippen molar-refractivity contribution in [2.75, 3.05) is 0 Å². The van der Waals surface area contributed by atoms with Gasteiger partial charge in [-0.1, -0.05) is 37.6 Å². The third-order valence-electron chi connectivity index (χ3n) is 3.35. The van der Waals surface area contributed by atoms with E-state index >= 15 is 0 Å². The van der Waals surface area contributed by atoms with Gasteiger partial charge in [-0.25, -0.2) is 0 Å². The Labute approximate surface area is 87.5 Å². The van der Waals surface area contributed by atoms with Crippen molar-refractivity contribution in [3.05, 3.63) is 23.8 Å². The fourth-order valence-electron chi connectivity index (χ4n) is 2.03. The van der Waals surface area contributed by atoms with Crippen LogP contribution >= 0.6 is 0 Å². The van der Waals surface area contributed by atoms with Crippen LogP contribution in [0.3, 0.4) is 0 Å². The summed E-state index contributed by atoms with van der Waals surface area (Å²) in [6.45, 7) is 8.68. The summed E-state index contributed by atoms with van der Waals surface area (Å²) >= 11 is 0. The van der Waals surface area contributed by atoms with Crippen LogP contribution in [0.4, 0.5) is 0 Å². The summed E-state index contributed by atoms with van der Waals surface area (Å²) in [6, 6.07) is 0. The Kier molecular flexibility index (Phi) is 3.94. The summed E-state index contributed by atoms with van der Waals surface area (Å²) in [5.41, 5.74) is 1.34. The fourth-order valence-corrected chi connectivity index (χ4v) is 2.03. The molecule has 1 heteroatoms. The molecule has 0 aromatic rings. The third kappa shape index (κ3) is 2.71. The highest BCUT2D eigenvalue weighted by molar-refractivity contribution is 5.06. The number of aliphatic hydroxyl groups is 1. The molecule has 1 aliphatic rings. The number of allylic oxidation sites excluding steroid dienone is 3. The summed E-state index contributed by atoms with van der Waals surface area (Å²) in [4.78, 5) is 0. The third-order valence-corrected chi connectivity index (χ3v) is 3.35. The van der Waals surface area contributed by atoms with Crippen LogP contribution in [0.25, 0.3) is 0 Å². The largest absolute Gasteiger partial charge is 0.389 e. The van der Waals surface area contributed by atoms with E-state index in [0.29, 0.717) is 17.8 Å². The molecule has 0 amide bonds. The summed E-state index contributed by atoms with van der Waals surface area (Å²) in [5.74, 6) is 1.56. The first-order valence-electron chi connectivity index (χ1n) is 5.52. The number of hydrogen-bond donors (Lipinski definition) is 1. The molecule has 4 atom stereocenters. The maximum absolute atomic E-state index is 9.85. The van der Waals surface area contributed by atoms with Gasteiger partial charge in [-0.15, -0.1) is 0 Å². The molecule has 1 aliphatic carbocycles. The van der Waals surface area contributed by atoms with Crippen LogP contribution < -0.4 is 0 Å². The molecule has 0 aromatic heterocycles. The Hall–Kier alpha value is -0.560. The molecule has 0 heterocycles. The van der Waals surface area contributed by atoms with Crippen molar-refractivity contribution in [2.24, 2.45) is 17.8 Å². The van der Waals surface area contributed by atoms with Gasteiger partial charge in [0.05, 0.1) is 6.10 Å². The van der Waals surface area contributed by atoms with Crippen LogP contribution in [-0.4, -0.2) is 11.2 Å². The Morgan fingerprint density at radius 3 is 2.50 bits per heavy atom. The van der Waals surface area contributed by atoms with E-state index in [2.05, 4.69) is 39.8 Å². The van der Waals surface area contributed by atoms with Gasteiger partial charge >= 0.3 is 0 Å². The van der Waals surface area contributed by atoms with E-state index < -0.39 is 0 Å². The molecule has 0 bridgehead atoms. The maximum Gasteiger partial charge on any atom is 0.0754 e. The normalized spacial score (nSPS) is 36.9. The van der Waals surface area contributed by atoms with E-state index in [4.69, 9.17) is 0 Å². The lowest BCUT2D eigenvalue weighted by Gasteiger charge is -2.33. The lowest BCUT2D eigenvalue weighted by atomic mass is 9.74. The highest BCUT2D eigenvalue weighted by Gasteiger charge is 2.29. The van der Waals surface area contributed by atoms with E-state index in [1.54, 1.807) is 0 Å². The standard InChI is InChI=1S/C13H22O/c1-9(2)5-7-12-11(4)10(3)6-8-13(12)14/h5-6,8,10-14H,7H2,1-4H3/t10?,11-,12-,13?/m0/s1. The second-order valence-corrected chi connectivity index (χ2v) is 4.77. The van der Waals surface area contributed by atoms with Gasteiger partial charge in [0.1, 0.15) is 0 Å². The van der Waals surface area contributed by atoms with Gasteiger partial charge in [0.15, 0.2) is 0 Å². The first kappa shape index (κ1) is 11.5. The molecule has 0 saturated heterocycles. The molecule has 0 aromatic carbocycles. The van der Waals surface area contributed by atoms with Gasteiger partial charge in [0, 0.05) is 0 Å². The molecular weight excluding hydrogens is 172 g/mol. The van der Waals surface area contributed by atoms with Crippen LogP contribution in [0.2, 0.25) is 0 Å². The predicted octanol–water partition coefficient (Wildman–Crippen LogP) is 3.16. The predicted molar refractivity (Wildman–Crippen MR) is 61.0 cm³/mol. The topological polar surface area (TPSA) is 20.2 Å². The molecule has 14 heavy (non-hydrogen) atoms. The molecule has 0 fully saturated rings. The second kappa shape index (κ2) is 4.79. The Balaban J connectivity index is 2.66. The minimum atomic E-state index is -0.253. The minimum absolute atomic E-state index is 0.253. The van der Waals surface area contributed by atoms with Gasteiger partial charge in [0.25, 0.3) is 0 Å². The number of rotatable bonds is 2. The maximum atomic E-state index is 9.85. The van der Waals surface area contributed by atoms with E-state index in [-0.39, 0.29) is 6.10 Å². The van der Waals surface area contributed by atoms with Crippen molar-refractivity contribution in [3.63, 3.8) is 0 Å². The highest BCUT2D eigenvalue weighted by Crippen LogP contribution is 2.32. The zero-order valence-electron chi connectivity index (χ0n) is 9.70. The average molecular weight is 194 g/mol.